The van der Waals surface area contributed by atoms with Gasteiger partial charge in [0.2, 0.25) is 5.91 Å². The molecule has 22 nitrogen and oxygen atoms in total. The summed E-state index contributed by atoms with van der Waals surface area (Å²) in [5, 5.41) is 19.6. The molecule has 0 spiro atoms. The van der Waals surface area contributed by atoms with E-state index in [9.17, 15) is 28.8 Å². The van der Waals surface area contributed by atoms with E-state index in [-0.39, 0.29) is 29.5 Å². The van der Waals surface area contributed by atoms with Crippen molar-refractivity contribution >= 4 is 98.5 Å². The minimum Gasteiger partial charge on any atom is -0.399 e. The van der Waals surface area contributed by atoms with Gasteiger partial charge in [-0.05, 0) is 188 Å². The number of benzene rings is 9. The molecule has 0 bridgehead atoms. The molecule has 9 aromatic carbocycles. The van der Waals surface area contributed by atoms with E-state index in [1.807, 2.05) is 186 Å². The van der Waals surface area contributed by atoms with Crippen LogP contribution in [0.4, 0.5) is 61.7 Å². The predicted octanol–water partition coefficient (Wildman–Crippen LogP) is 14.8. The summed E-state index contributed by atoms with van der Waals surface area (Å²) in [6.45, 7) is 9.39. The molecule has 12 rings (SSSR count). The first-order chi connectivity index (χ1) is 50.2. The number of aromatic nitrogens is 6. The van der Waals surface area contributed by atoms with Crippen LogP contribution in [0.1, 0.15) is 109 Å². The third-order valence-electron chi connectivity index (χ3n) is 15.8. The number of hydrogen-bond acceptors (Lipinski definition) is 15. The number of aryl methyl sites for hydroxylation is 5. The highest BCUT2D eigenvalue weighted by Crippen LogP contribution is 2.23. The molecular weight excluding hydrogens is 1310 g/mol. The molecule has 0 aliphatic rings. The number of carbonyl (C=O) groups is 6. The van der Waals surface area contributed by atoms with E-state index >= 15 is 0 Å². The normalized spacial score (nSPS) is 10.6. The Hall–Kier alpha value is -14.0. The molecule has 0 atom stereocenters. The van der Waals surface area contributed by atoms with Crippen molar-refractivity contribution in [3.05, 3.63) is 339 Å². The zero-order valence-corrected chi connectivity index (χ0v) is 57.7. The summed E-state index contributed by atoms with van der Waals surface area (Å²) in [4.78, 5) is 102. The molecule has 0 unspecified atom stereocenters. The maximum atomic E-state index is 12.9. The largest absolute Gasteiger partial charge is 0.399 e. The van der Waals surface area contributed by atoms with Gasteiger partial charge in [-0.25, -0.2) is 34.7 Å². The highest BCUT2D eigenvalue weighted by atomic mass is 16.2. The Morgan fingerprint density at radius 2 is 0.683 bits per heavy atom. The van der Waals surface area contributed by atoms with Gasteiger partial charge in [-0.3, -0.25) is 24.0 Å². The van der Waals surface area contributed by atoms with Gasteiger partial charge in [0.1, 0.15) is 17.5 Å². The summed E-state index contributed by atoms with van der Waals surface area (Å²) in [6, 6.07) is 62.2. The number of anilines is 10. The smallest absolute Gasteiger partial charge is 0.323 e. The SMILES string of the molecule is Cc1ccc(NC(=O)/C=C/c2ccccc2)cc1C(=O)Nc1cnc(Cc2cccc(N)c2)nc1.Cc1cccc(NC(=O)Nc2ccc(C)c(C(=O)Nc3cnc(Cc4cccc(N)c4)nc3)c2)c1.Cc1cccc(NC(=O)c2ccc(C)c(C(=O)Nc3cnc(Cc4cccc(N)c4)nc3)c2)c1. The zero-order chi connectivity index (χ0) is 73.5. The van der Waals surface area contributed by atoms with E-state index in [4.69, 9.17) is 17.2 Å². The number of nitrogens with zero attached hydrogens (tertiary/aromatic N) is 6. The van der Waals surface area contributed by atoms with Crippen LogP contribution < -0.4 is 54.4 Å². The fourth-order valence-corrected chi connectivity index (χ4v) is 10.5. The topological polar surface area (TPSA) is 342 Å². The molecule has 22 heteroatoms. The van der Waals surface area contributed by atoms with Gasteiger partial charge in [0.15, 0.2) is 0 Å². The van der Waals surface area contributed by atoms with Crippen LogP contribution in [0.25, 0.3) is 6.08 Å². The van der Waals surface area contributed by atoms with Gasteiger partial charge in [0.05, 0.1) is 54.2 Å². The Balaban J connectivity index is 0.000000167. The first-order valence-electron chi connectivity index (χ1n) is 33.0. The van der Waals surface area contributed by atoms with E-state index < -0.39 is 6.03 Å². The number of carbonyl (C=O) groups excluding carboxylic acids is 6. The molecule has 520 valence electrons. The average molecular weight is 1380 g/mol. The highest BCUT2D eigenvalue weighted by molar-refractivity contribution is 6.10. The minimum absolute atomic E-state index is 0.283. The van der Waals surface area contributed by atoms with Crippen molar-refractivity contribution in [2.24, 2.45) is 0 Å². The van der Waals surface area contributed by atoms with E-state index in [1.54, 1.807) is 97.9 Å². The Labute approximate surface area is 601 Å². The van der Waals surface area contributed by atoms with E-state index in [1.165, 1.54) is 6.08 Å². The first kappa shape index (κ1) is 72.7. The van der Waals surface area contributed by atoms with Crippen LogP contribution in [0.5, 0.6) is 0 Å². The molecule has 3 heterocycles. The molecule has 0 aliphatic heterocycles. The van der Waals surface area contributed by atoms with Crippen molar-refractivity contribution in [1.29, 1.82) is 0 Å². The van der Waals surface area contributed by atoms with Crippen LogP contribution in [0.3, 0.4) is 0 Å². The number of rotatable bonds is 19. The fourth-order valence-electron chi connectivity index (χ4n) is 10.5. The fraction of sp³-hybridized carbons (Fsp3) is 0.0976. The average Bonchev–Trinajstić information content (AvgIpc) is 0.832. The second kappa shape index (κ2) is 35.2. The number of nitrogens with one attached hydrogen (secondary N) is 7. The summed E-state index contributed by atoms with van der Waals surface area (Å²) >= 11 is 0. The van der Waals surface area contributed by atoms with Crippen molar-refractivity contribution in [2.45, 2.75) is 53.9 Å². The molecule has 0 saturated carbocycles. The Bertz CT molecular complexity index is 5090. The Morgan fingerprint density at radius 1 is 0.327 bits per heavy atom. The summed E-state index contributed by atoms with van der Waals surface area (Å²) < 4.78 is 0. The highest BCUT2D eigenvalue weighted by Gasteiger charge is 2.18. The lowest BCUT2D eigenvalue weighted by atomic mass is 10.0. The first-order valence-corrected chi connectivity index (χ1v) is 33.0. The van der Waals surface area contributed by atoms with Crippen LogP contribution in [-0.4, -0.2) is 65.5 Å². The van der Waals surface area contributed by atoms with Crippen LogP contribution in [0.2, 0.25) is 0 Å². The molecule has 7 amide bonds. The van der Waals surface area contributed by atoms with Gasteiger partial charge < -0.3 is 54.4 Å². The van der Waals surface area contributed by atoms with Gasteiger partial charge in [0.25, 0.3) is 23.6 Å². The molecule has 0 saturated heterocycles. The Kier molecular flexibility index (Phi) is 24.6. The number of amides is 7. The number of hydrogen-bond donors (Lipinski definition) is 10. The van der Waals surface area contributed by atoms with Crippen LogP contribution in [0, 0.1) is 34.6 Å². The standard InChI is InChI=1S/C28H25N5O2.C27H26N6O2.C27H25N5O2/c1-19-10-12-23(32-27(34)13-11-20-6-3-2-4-7-20)16-25(19)28(35)33-24-17-30-26(31-18-24)15-21-8-5-9-22(29)14-21;1-17-5-3-8-21(11-17)32-27(35)33-22-10-9-18(2)24(14-22)26(34)31-23-15-29-25(30-16-23)13-19-6-4-7-20(28)12-19;1-17-5-3-8-22(11-17)31-26(33)20-10-9-18(2)24(14-20)27(34)32-23-15-29-25(30-16-23)13-19-6-4-7-21(28)12-19/h2-14,16-18H,15,29H2,1H3,(H,32,34)(H,33,35);3-12,14-16H,13,28H2,1-2H3,(H,31,34)(H2,32,33,35);3-12,14-16H,13,28H2,1-2H3,(H,31,33)(H,32,34)/b13-11+;;. The second-order valence-electron chi connectivity index (χ2n) is 24.4. The lowest BCUT2D eigenvalue weighted by Crippen LogP contribution is -2.20. The van der Waals surface area contributed by atoms with Crippen LogP contribution >= 0.6 is 0 Å². The number of urea groups is 1. The maximum absolute atomic E-state index is 12.9. The van der Waals surface area contributed by atoms with Crippen molar-refractivity contribution < 1.29 is 28.8 Å². The van der Waals surface area contributed by atoms with E-state index in [0.717, 1.165) is 50.1 Å². The second-order valence-corrected chi connectivity index (χ2v) is 24.4. The molecule has 3 aromatic heterocycles. The molecule has 13 N–H and O–H groups in total. The minimum atomic E-state index is -0.394. The van der Waals surface area contributed by atoms with Crippen molar-refractivity contribution in [2.75, 3.05) is 54.4 Å². The summed E-state index contributed by atoms with van der Waals surface area (Å²) in [6.07, 6.45) is 14.2. The summed E-state index contributed by atoms with van der Waals surface area (Å²) in [5.41, 5.74) is 33.4. The van der Waals surface area contributed by atoms with Crippen molar-refractivity contribution in [1.82, 2.24) is 29.9 Å². The van der Waals surface area contributed by atoms with Gasteiger partial charge >= 0.3 is 6.03 Å². The van der Waals surface area contributed by atoms with E-state index in [0.29, 0.717) is 116 Å². The van der Waals surface area contributed by atoms with Crippen molar-refractivity contribution in [3.63, 3.8) is 0 Å². The lowest BCUT2D eigenvalue weighted by Gasteiger charge is -2.12. The monoisotopic (exact) mass is 1380 g/mol. The third kappa shape index (κ3) is 22.0. The third-order valence-corrected chi connectivity index (χ3v) is 15.8. The van der Waals surface area contributed by atoms with Gasteiger partial charge in [-0.1, -0.05) is 109 Å². The van der Waals surface area contributed by atoms with Gasteiger partial charge in [-0.2, -0.15) is 0 Å². The van der Waals surface area contributed by atoms with Crippen LogP contribution in [0.15, 0.2) is 250 Å². The molecule has 0 aliphatic carbocycles. The van der Waals surface area contributed by atoms with Crippen molar-refractivity contribution in [3.8, 4) is 0 Å². The van der Waals surface area contributed by atoms with Crippen LogP contribution in [-0.2, 0) is 24.1 Å². The quantitative estimate of drug-likeness (QED) is 0.0266. The maximum Gasteiger partial charge on any atom is 0.323 e. The molecular formula is C82H76N16O6. The molecule has 0 fully saturated rings. The van der Waals surface area contributed by atoms with Gasteiger partial charge in [-0.15, -0.1) is 0 Å². The summed E-state index contributed by atoms with van der Waals surface area (Å²) in [5.74, 6) is 0.322. The number of nitrogen functional groups attached to an aromatic ring is 3. The lowest BCUT2D eigenvalue weighted by molar-refractivity contribution is -0.111. The predicted molar refractivity (Wildman–Crippen MR) is 412 cm³/mol. The Morgan fingerprint density at radius 3 is 1.09 bits per heavy atom. The van der Waals surface area contributed by atoms with E-state index in [2.05, 4.69) is 67.1 Å². The molecule has 104 heavy (non-hydrogen) atoms. The molecule has 12 aromatic rings. The zero-order valence-electron chi connectivity index (χ0n) is 57.7. The van der Waals surface area contributed by atoms with Gasteiger partial charge in [0, 0.05) is 87.4 Å². The summed E-state index contributed by atoms with van der Waals surface area (Å²) in [7, 11) is 0. The molecule has 0 radical (unpaired) electrons. The number of nitrogens with two attached hydrogens (primary N) is 3.